The molecule has 2 aromatic carbocycles. The molecular weight excluding hydrogens is 383 g/mol. The van der Waals surface area contributed by atoms with Gasteiger partial charge in [-0.1, -0.05) is 18.9 Å². The lowest BCUT2D eigenvalue weighted by molar-refractivity contribution is 0.102. The molecule has 1 saturated heterocycles. The lowest BCUT2D eigenvalue weighted by Crippen LogP contribution is -2.32. The Morgan fingerprint density at radius 1 is 1.07 bits per heavy atom. The maximum absolute atomic E-state index is 13.4. The second-order valence-electron chi connectivity index (χ2n) is 6.64. The van der Waals surface area contributed by atoms with Crippen molar-refractivity contribution in [2.45, 2.75) is 30.6 Å². The van der Waals surface area contributed by atoms with Crippen LogP contribution in [-0.4, -0.2) is 38.8 Å². The summed E-state index contributed by atoms with van der Waals surface area (Å²) in [6.45, 7) is 0.971. The van der Waals surface area contributed by atoms with Crippen molar-refractivity contribution in [1.29, 1.82) is 0 Å². The minimum absolute atomic E-state index is 0.0877. The summed E-state index contributed by atoms with van der Waals surface area (Å²) >= 11 is 0. The lowest BCUT2D eigenvalue weighted by Gasteiger charge is -2.21. The van der Waals surface area contributed by atoms with E-state index in [0.29, 0.717) is 18.8 Å². The van der Waals surface area contributed by atoms with E-state index in [2.05, 4.69) is 5.32 Å². The van der Waals surface area contributed by atoms with Gasteiger partial charge in [0.1, 0.15) is 11.6 Å². The molecule has 1 N–H and O–H groups in total. The number of hydrogen-bond acceptors (Lipinski definition) is 4. The first-order valence-corrected chi connectivity index (χ1v) is 10.6. The van der Waals surface area contributed by atoms with E-state index in [1.54, 1.807) is 0 Å². The van der Waals surface area contributed by atoms with Gasteiger partial charge in [0.15, 0.2) is 0 Å². The summed E-state index contributed by atoms with van der Waals surface area (Å²) in [5.41, 5.74) is 0.343. The van der Waals surface area contributed by atoms with Crippen LogP contribution in [0.2, 0.25) is 0 Å². The zero-order valence-corrected chi connectivity index (χ0v) is 16.5. The Hall–Kier alpha value is -2.45. The zero-order valence-electron chi connectivity index (χ0n) is 15.7. The molecule has 28 heavy (non-hydrogen) atoms. The van der Waals surface area contributed by atoms with Crippen LogP contribution in [0.3, 0.4) is 0 Å². The number of ether oxygens (including phenoxy) is 1. The lowest BCUT2D eigenvalue weighted by atomic mass is 10.2. The van der Waals surface area contributed by atoms with Gasteiger partial charge in [0, 0.05) is 18.7 Å². The van der Waals surface area contributed by atoms with Crippen LogP contribution in [0.1, 0.15) is 36.0 Å². The van der Waals surface area contributed by atoms with Gasteiger partial charge in [-0.15, -0.1) is 0 Å². The number of amides is 1. The number of hydrogen-bond donors (Lipinski definition) is 1. The third kappa shape index (κ3) is 4.51. The van der Waals surface area contributed by atoms with Crippen molar-refractivity contribution in [3.63, 3.8) is 0 Å². The van der Waals surface area contributed by atoms with Crippen molar-refractivity contribution < 1.29 is 22.3 Å². The molecule has 0 spiro atoms. The Labute approximate surface area is 164 Å². The number of methoxy groups -OCH3 is 1. The largest absolute Gasteiger partial charge is 0.495 e. The number of carbonyl (C=O) groups excluding carboxylic acids is 1. The van der Waals surface area contributed by atoms with Crippen LogP contribution in [0.25, 0.3) is 0 Å². The van der Waals surface area contributed by atoms with Crippen molar-refractivity contribution >= 4 is 21.6 Å². The number of sulfonamides is 1. The Bertz CT molecular complexity index is 954. The highest BCUT2D eigenvalue weighted by atomic mass is 32.2. The predicted molar refractivity (Wildman–Crippen MR) is 105 cm³/mol. The molecule has 150 valence electrons. The van der Waals surface area contributed by atoms with E-state index in [9.17, 15) is 17.6 Å². The molecule has 0 bridgehead atoms. The van der Waals surface area contributed by atoms with Crippen molar-refractivity contribution in [2.24, 2.45) is 0 Å². The third-order valence-corrected chi connectivity index (χ3v) is 6.60. The zero-order chi connectivity index (χ0) is 20.1. The molecule has 0 aromatic heterocycles. The molecule has 0 unspecified atom stereocenters. The molecule has 1 fully saturated rings. The normalized spacial score (nSPS) is 15.6. The average molecular weight is 406 g/mol. The molecule has 6 nitrogen and oxygen atoms in total. The van der Waals surface area contributed by atoms with Gasteiger partial charge in [-0.3, -0.25) is 4.79 Å². The minimum Gasteiger partial charge on any atom is -0.495 e. The highest BCUT2D eigenvalue weighted by Gasteiger charge is 2.26. The van der Waals surface area contributed by atoms with Gasteiger partial charge in [0.05, 0.1) is 17.7 Å². The second-order valence-corrected chi connectivity index (χ2v) is 8.58. The highest BCUT2D eigenvalue weighted by molar-refractivity contribution is 7.89. The number of carbonyl (C=O) groups is 1. The van der Waals surface area contributed by atoms with E-state index in [1.807, 2.05) is 0 Å². The SMILES string of the molecule is COc1ccc(S(=O)(=O)N2CCCCCC2)cc1NC(=O)c1cccc(F)c1. The van der Waals surface area contributed by atoms with Crippen LogP contribution in [0.5, 0.6) is 5.75 Å². The van der Waals surface area contributed by atoms with Crippen LogP contribution in [-0.2, 0) is 10.0 Å². The highest BCUT2D eigenvalue weighted by Crippen LogP contribution is 2.30. The van der Waals surface area contributed by atoms with E-state index in [4.69, 9.17) is 4.74 Å². The van der Waals surface area contributed by atoms with E-state index in [0.717, 1.165) is 31.7 Å². The van der Waals surface area contributed by atoms with E-state index < -0.39 is 21.7 Å². The van der Waals surface area contributed by atoms with Gasteiger partial charge in [-0.25, -0.2) is 12.8 Å². The molecule has 0 atom stereocenters. The molecule has 2 aromatic rings. The van der Waals surface area contributed by atoms with Crippen molar-refractivity contribution in [3.05, 3.63) is 53.8 Å². The van der Waals surface area contributed by atoms with Crippen LogP contribution < -0.4 is 10.1 Å². The summed E-state index contributed by atoms with van der Waals surface area (Å²) < 4.78 is 46.1. The van der Waals surface area contributed by atoms with Gasteiger partial charge in [0.25, 0.3) is 5.91 Å². The summed E-state index contributed by atoms with van der Waals surface area (Å²) in [5.74, 6) is -0.765. The van der Waals surface area contributed by atoms with Crippen LogP contribution in [0.4, 0.5) is 10.1 Å². The summed E-state index contributed by atoms with van der Waals surface area (Å²) in [7, 11) is -2.25. The average Bonchev–Trinajstić information content (AvgIpc) is 2.98. The topological polar surface area (TPSA) is 75.7 Å². The smallest absolute Gasteiger partial charge is 0.255 e. The molecule has 3 rings (SSSR count). The van der Waals surface area contributed by atoms with E-state index >= 15 is 0 Å². The van der Waals surface area contributed by atoms with E-state index in [-0.39, 0.29) is 16.1 Å². The first-order valence-electron chi connectivity index (χ1n) is 9.17. The fourth-order valence-electron chi connectivity index (χ4n) is 3.20. The van der Waals surface area contributed by atoms with Gasteiger partial charge in [0.2, 0.25) is 10.0 Å². The molecule has 1 heterocycles. The molecule has 8 heteroatoms. The number of halogens is 1. The van der Waals surface area contributed by atoms with Crippen LogP contribution in [0.15, 0.2) is 47.4 Å². The third-order valence-electron chi connectivity index (χ3n) is 4.71. The number of anilines is 1. The van der Waals surface area contributed by atoms with Gasteiger partial charge >= 0.3 is 0 Å². The van der Waals surface area contributed by atoms with Crippen molar-refractivity contribution in [3.8, 4) is 5.75 Å². The number of rotatable bonds is 5. The van der Waals surface area contributed by atoms with Gasteiger partial charge in [-0.2, -0.15) is 4.31 Å². The molecular formula is C20H23FN2O4S. The molecule has 1 aliphatic rings. The Kier molecular flexibility index (Phi) is 6.31. The monoisotopic (exact) mass is 406 g/mol. The Morgan fingerprint density at radius 2 is 1.79 bits per heavy atom. The minimum atomic E-state index is -3.67. The van der Waals surface area contributed by atoms with Crippen LogP contribution >= 0.6 is 0 Å². The number of nitrogens with zero attached hydrogens (tertiary/aromatic N) is 1. The standard InChI is InChI=1S/C20H23FN2O4S/c1-27-19-10-9-17(28(25,26)23-11-4-2-3-5-12-23)14-18(19)22-20(24)15-7-6-8-16(21)13-15/h6-10,13-14H,2-5,11-12H2,1H3,(H,22,24). The molecule has 0 aliphatic carbocycles. The fraction of sp³-hybridized carbons (Fsp3) is 0.350. The second kappa shape index (κ2) is 8.70. The Balaban J connectivity index is 1.90. The molecule has 1 amide bonds. The summed E-state index contributed by atoms with van der Waals surface area (Å²) in [4.78, 5) is 12.5. The summed E-state index contributed by atoms with van der Waals surface area (Å²) in [6, 6.07) is 9.62. The van der Waals surface area contributed by atoms with E-state index in [1.165, 1.54) is 47.8 Å². The Morgan fingerprint density at radius 3 is 2.43 bits per heavy atom. The maximum Gasteiger partial charge on any atom is 0.255 e. The molecule has 0 saturated carbocycles. The fourth-order valence-corrected chi connectivity index (χ4v) is 4.74. The summed E-state index contributed by atoms with van der Waals surface area (Å²) in [5, 5.41) is 2.62. The first-order chi connectivity index (χ1) is 13.4. The number of benzene rings is 2. The first kappa shape index (κ1) is 20.3. The quantitative estimate of drug-likeness (QED) is 0.822. The van der Waals surface area contributed by atoms with Gasteiger partial charge in [-0.05, 0) is 49.2 Å². The summed E-state index contributed by atoms with van der Waals surface area (Å²) in [6.07, 6.45) is 3.70. The maximum atomic E-state index is 13.4. The number of nitrogens with one attached hydrogen (secondary N) is 1. The van der Waals surface area contributed by atoms with Crippen LogP contribution in [0, 0.1) is 5.82 Å². The van der Waals surface area contributed by atoms with Crippen molar-refractivity contribution in [2.75, 3.05) is 25.5 Å². The molecule has 0 radical (unpaired) electrons. The van der Waals surface area contributed by atoms with Gasteiger partial charge < -0.3 is 10.1 Å². The predicted octanol–water partition coefficient (Wildman–Crippen LogP) is 3.65. The molecule has 1 aliphatic heterocycles. The van der Waals surface area contributed by atoms with Crippen molar-refractivity contribution in [1.82, 2.24) is 4.31 Å².